The molecular formula is C14H5F3N2O4. The molecule has 0 unspecified atom stereocenters. The van der Waals surface area contributed by atoms with E-state index in [1.165, 1.54) is 24.3 Å². The van der Waals surface area contributed by atoms with Gasteiger partial charge in [-0.15, -0.1) is 0 Å². The Bertz CT molecular complexity index is 863. The van der Waals surface area contributed by atoms with Gasteiger partial charge in [-0.2, -0.15) is 4.39 Å². The van der Waals surface area contributed by atoms with Crippen LogP contribution in [0.15, 0.2) is 30.3 Å². The molecule has 0 bridgehead atoms. The fraction of sp³-hybridized carbons (Fsp3) is 0. The monoisotopic (exact) mass is 322 g/mol. The second kappa shape index (κ2) is 4.90. The van der Waals surface area contributed by atoms with Gasteiger partial charge in [0.2, 0.25) is 11.6 Å². The molecule has 23 heavy (non-hydrogen) atoms. The van der Waals surface area contributed by atoms with E-state index in [4.69, 9.17) is 0 Å². The molecule has 3 rings (SSSR count). The lowest BCUT2D eigenvalue weighted by atomic mass is 10.1. The Morgan fingerprint density at radius 1 is 0.957 bits per heavy atom. The summed E-state index contributed by atoms with van der Waals surface area (Å²) in [6.45, 7) is 0. The second-order valence-corrected chi connectivity index (χ2v) is 4.60. The van der Waals surface area contributed by atoms with E-state index in [1.54, 1.807) is 0 Å². The Hall–Kier alpha value is -3.23. The lowest BCUT2D eigenvalue weighted by Crippen LogP contribution is -2.30. The van der Waals surface area contributed by atoms with Crippen molar-refractivity contribution in [3.05, 3.63) is 69.0 Å². The van der Waals surface area contributed by atoms with Crippen molar-refractivity contribution in [2.45, 2.75) is 0 Å². The molecule has 0 aliphatic carbocycles. The first kappa shape index (κ1) is 14.7. The molecule has 0 atom stereocenters. The van der Waals surface area contributed by atoms with Gasteiger partial charge in [-0.05, 0) is 12.1 Å². The Balaban J connectivity index is 2.27. The molecule has 0 radical (unpaired) electrons. The number of nitro groups is 1. The van der Waals surface area contributed by atoms with Crippen molar-refractivity contribution in [1.29, 1.82) is 0 Å². The van der Waals surface area contributed by atoms with Crippen molar-refractivity contribution >= 4 is 23.2 Å². The summed E-state index contributed by atoms with van der Waals surface area (Å²) in [5.74, 6) is -7.86. The van der Waals surface area contributed by atoms with Gasteiger partial charge in [-0.3, -0.25) is 19.7 Å². The maximum absolute atomic E-state index is 13.7. The van der Waals surface area contributed by atoms with E-state index in [0.717, 1.165) is 0 Å². The zero-order chi connectivity index (χ0) is 16.9. The van der Waals surface area contributed by atoms with Crippen molar-refractivity contribution in [3.8, 4) is 0 Å². The average Bonchev–Trinajstić information content (AvgIpc) is 2.76. The fourth-order valence-corrected chi connectivity index (χ4v) is 2.33. The van der Waals surface area contributed by atoms with E-state index < -0.39 is 45.6 Å². The van der Waals surface area contributed by atoms with Gasteiger partial charge in [0.05, 0.1) is 16.1 Å². The summed E-state index contributed by atoms with van der Waals surface area (Å²) < 4.78 is 40.4. The van der Waals surface area contributed by atoms with Gasteiger partial charge in [0, 0.05) is 6.07 Å². The smallest absolute Gasteiger partial charge is 0.268 e. The third-order valence-electron chi connectivity index (χ3n) is 3.33. The number of carbonyl (C=O) groups excluding carboxylic acids is 2. The predicted octanol–water partition coefficient (Wildman–Crippen LogP) is 2.81. The summed E-state index contributed by atoms with van der Waals surface area (Å²) in [4.78, 5) is 34.4. The van der Waals surface area contributed by atoms with E-state index >= 15 is 0 Å². The Morgan fingerprint density at radius 3 is 1.96 bits per heavy atom. The number of amides is 2. The van der Waals surface area contributed by atoms with Crippen molar-refractivity contribution in [1.82, 2.24) is 0 Å². The van der Waals surface area contributed by atoms with Crippen LogP contribution in [0.25, 0.3) is 0 Å². The molecule has 0 aromatic heterocycles. The molecule has 1 aliphatic heterocycles. The van der Waals surface area contributed by atoms with Gasteiger partial charge >= 0.3 is 5.69 Å². The van der Waals surface area contributed by atoms with Crippen LogP contribution in [0.1, 0.15) is 20.7 Å². The first-order valence-corrected chi connectivity index (χ1v) is 6.14. The highest BCUT2D eigenvalue weighted by Gasteiger charge is 2.42. The van der Waals surface area contributed by atoms with Gasteiger partial charge in [0.25, 0.3) is 11.8 Å². The van der Waals surface area contributed by atoms with Crippen molar-refractivity contribution < 1.29 is 27.7 Å². The standard InChI is InChI=1S/C14H5F3N2O4/c15-8-5-9(12(19(22)23)11(17)10(8)16)18-13(20)6-3-1-2-4-7(6)14(18)21/h1-5H. The molecule has 9 heteroatoms. The second-order valence-electron chi connectivity index (χ2n) is 4.60. The summed E-state index contributed by atoms with van der Waals surface area (Å²) in [6, 6.07) is 5.73. The molecule has 116 valence electrons. The largest absolute Gasteiger partial charge is 0.332 e. The Kier molecular flexibility index (Phi) is 3.13. The van der Waals surface area contributed by atoms with Crippen molar-refractivity contribution in [3.63, 3.8) is 0 Å². The molecule has 2 aromatic carbocycles. The molecule has 2 amide bonds. The molecule has 0 spiro atoms. The molecule has 0 saturated heterocycles. The normalized spacial score (nSPS) is 13.4. The lowest BCUT2D eigenvalue weighted by molar-refractivity contribution is -0.387. The number of nitro benzene ring substituents is 1. The molecule has 0 N–H and O–H groups in total. The first-order chi connectivity index (χ1) is 10.8. The van der Waals surface area contributed by atoms with Crippen molar-refractivity contribution in [2.75, 3.05) is 4.90 Å². The van der Waals surface area contributed by atoms with Crippen molar-refractivity contribution in [2.24, 2.45) is 0 Å². The number of nitrogens with zero attached hydrogens (tertiary/aromatic N) is 2. The first-order valence-electron chi connectivity index (χ1n) is 6.14. The number of fused-ring (bicyclic) bond motifs is 1. The quantitative estimate of drug-likeness (QED) is 0.368. The van der Waals surface area contributed by atoms with Crippen LogP contribution in [0.2, 0.25) is 0 Å². The minimum absolute atomic E-state index is 0.0723. The van der Waals surface area contributed by atoms with E-state index in [0.29, 0.717) is 0 Å². The highest BCUT2D eigenvalue weighted by atomic mass is 19.2. The number of imide groups is 1. The summed E-state index contributed by atoms with van der Waals surface area (Å²) in [5.41, 5.74) is -2.59. The van der Waals surface area contributed by atoms with Gasteiger partial charge in [0.1, 0.15) is 5.69 Å². The number of benzene rings is 2. The molecule has 0 saturated carbocycles. The van der Waals surface area contributed by atoms with Crippen LogP contribution in [0.5, 0.6) is 0 Å². The minimum atomic E-state index is -2.08. The third kappa shape index (κ3) is 1.97. The van der Waals surface area contributed by atoms with Gasteiger partial charge in [0.15, 0.2) is 5.82 Å². The van der Waals surface area contributed by atoms with Crippen LogP contribution in [-0.2, 0) is 0 Å². The van der Waals surface area contributed by atoms with E-state index in [2.05, 4.69) is 0 Å². The van der Waals surface area contributed by atoms with Crippen LogP contribution < -0.4 is 4.90 Å². The Morgan fingerprint density at radius 2 is 1.48 bits per heavy atom. The highest BCUT2D eigenvalue weighted by molar-refractivity contribution is 6.35. The number of halogens is 3. The molecule has 2 aromatic rings. The lowest BCUT2D eigenvalue weighted by Gasteiger charge is -2.14. The zero-order valence-electron chi connectivity index (χ0n) is 11.0. The summed E-state index contributed by atoms with van der Waals surface area (Å²) in [6.07, 6.45) is 0. The highest BCUT2D eigenvalue weighted by Crippen LogP contribution is 2.38. The molecular weight excluding hydrogens is 317 g/mol. The maximum Gasteiger partial charge on any atom is 0.332 e. The maximum atomic E-state index is 13.7. The molecule has 0 fully saturated rings. The van der Waals surface area contributed by atoms with Gasteiger partial charge in [-0.1, -0.05) is 12.1 Å². The predicted molar refractivity (Wildman–Crippen MR) is 70.6 cm³/mol. The minimum Gasteiger partial charge on any atom is -0.268 e. The summed E-state index contributed by atoms with van der Waals surface area (Å²) in [5, 5.41) is 11.0. The van der Waals surface area contributed by atoms with Crippen LogP contribution >= 0.6 is 0 Å². The SMILES string of the molecule is O=C1c2ccccc2C(=O)N1c1cc(F)c(F)c(F)c1[N+](=O)[O-]. The summed E-state index contributed by atoms with van der Waals surface area (Å²) in [7, 11) is 0. The van der Waals surface area contributed by atoms with Crippen LogP contribution in [0.3, 0.4) is 0 Å². The number of hydrogen-bond donors (Lipinski definition) is 0. The average molecular weight is 322 g/mol. The van der Waals surface area contributed by atoms with E-state index in [-0.39, 0.29) is 22.1 Å². The number of anilines is 1. The number of carbonyl (C=O) groups is 2. The molecule has 1 aliphatic rings. The topological polar surface area (TPSA) is 80.5 Å². The van der Waals surface area contributed by atoms with Crippen LogP contribution in [-0.4, -0.2) is 16.7 Å². The third-order valence-corrected chi connectivity index (χ3v) is 3.33. The van der Waals surface area contributed by atoms with Gasteiger partial charge < -0.3 is 0 Å². The molecule has 1 heterocycles. The Labute approximate surface area is 125 Å². The molecule has 6 nitrogen and oxygen atoms in total. The van der Waals surface area contributed by atoms with Crippen LogP contribution in [0.4, 0.5) is 24.5 Å². The fourth-order valence-electron chi connectivity index (χ4n) is 2.33. The zero-order valence-corrected chi connectivity index (χ0v) is 11.0. The van der Waals surface area contributed by atoms with E-state index in [9.17, 15) is 32.9 Å². The number of rotatable bonds is 2. The summed E-state index contributed by atoms with van der Waals surface area (Å²) >= 11 is 0. The van der Waals surface area contributed by atoms with Gasteiger partial charge in [-0.25, -0.2) is 13.7 Å². The van der Waals surface area contributed by atoms with Crippen LogP contribution in [0, 0.1) is 27.6 Å². The number of hydrogen-bond acceptors (Lipinski definition) is 4. The van der Waals surface area contributed by atoms with E-state index in [1.807, 2.05) is 0 Å².